The van der Waals surface area contributed by atoms with Crippen molar-refractivity contribution in [1.82, 2.24) is 4.90 Å². The topological polar surface area (TPSA) is 40.6 Å². The predicted octanol–water partition coefficient (Wildman–Crippen LogP) is 2.51. The number of hydrogen-bond donors (Lipinski definition) is 0. The molecule has 0 bridgehead atoms. The molecule has 0 amide bonds. The summed E-state index contributed by atoms with van der Waals surface area (Å²) in [6.45, 7) is 4.59. The SMILES string of the molecule is CCN(C)C1CCN(c2ccc(S(=O)(=O)C(F)(F)F)cc2)C1. The zero-order valence-electron chi connectivity index (χ0n) is 12.5. The molecule has 0 saturated carbocycles. The third-order valence-corrected chi connectivity index (χ3v) is 5.60. The smallest absolute Gasteiger partial charge is 0.370 e. The monoisotopic (exact) mass is 336 g/mol. The van der Waals surface area contributed by atoms with Gasteiger partial charge < -0.3 is 9.80 Å². The molecule has 0 aromatic heterocycles. The number of benzene rings is 1. The average Bonchev–Trinajstić information content (AvgIpc) is 2.95. The van der Waals surface area contributed by atoms with E-state index in [1.54, 1.807) is 0 Å². The maximum Gasteiger partial charge on any atom is 0.501 e. The number of sulfone groups is 1. The Bertz CT molecular complexity index is 614. The molecule has 1 heterocycles. The summed E-state index contributed by atoms with van der Waals surface area (Å²) < 4.78 is 60.1. The number of likely N-dealkylation sites (N-methyl/N-ethyl adjacent to an activating group) is 1. The fraction of sp³-hybridized carbons (Fsp3) is 0.571. The molecule has 1 aliphatic rings. The number of rotatable bonds is 4. The van der Waals surface area contributed by atoms with Crippen LogP contribution in [0.5, 0.6) is 0 Å². The van der Waals surface area contributed by atoms with Crippen molar-refractivity contribution in [1.29, 1.82) is 0 Å². The Balaban J connectivity index is 2.14. The second kappa shape index (κ2) is 6.08. The van der Waals surface area contributed by atoms with Crippen molar-refractivity contribution in [3.8, 4) is 0 Å². The molecule has 8 heteroatoms. The Kier molecular flexibility index (Phi) is 4.72. The second-order valence-corrected chi connectivity index (χ2v) is 7.35. The molecule has 0 spiro atoms. The van der Waals surface area contributed by atoms with E-state index in [0.717, 1.165) is 43.9 Å². The van der Waals surface area contributed by atoms with Gasteiger partial charge in [0, 0.05) is 24.8 Å². The minimum atomic E-state index is -5.27. The summed E-state index contributed by atoms with van der Waals surface area (Å²) >= 11 is 0. The van der Waals surface area contributed by atoms with Crippen LogP contribution in [-0.2, 0) is 9.84 Å². The quantitative estimate of drug-likeness (QED) is 0.847. The van der Waals surface area contributed by atoms with E-state index >= 15 is 0 Å². The Labute approximate surface area is 128 Å². The predicted molar refractivity (Wildman–Crippen MR) is 78.6 cm³/mol. The van der Waals surface area contributed by atoms with E-state index in [0.29, 0.717) is 6.04 Å². The molecule has 4 nitrogen and oxygen atoms in total. The zero-order valence-corrected chi connectivity index (χ0v) is 13.3. The fourth-order valence-corrected chi connectivity index (χ4v) is 3.33. The first kappa shape index (κ1) is 17.1. The Morgan fingerprint density at radius 2 is 1.86 bits per heavy atom. The fourth-order valence-electron chi connectivity index (χ4n) is 2.56. The van der Waals surface area contributed by atoms with Crippen molar-refractivity contribution in [2.45, 2.75) is 29.8 Å². The highest BCUT2D eigenvalue weighted by molar-refractivity contribution is 7.92. The molecule has 1 aliphatic heterocycles. The summed E-state index contributed by atoms with van der Waals surface area (Å²) in [7, 11) is -3.24. The number of alkyl halides is 3. The molecule has 0 radical (unpaired) electrons. The molecule has 0 aliphatic carbocycles. The first-order valence-electron chi connectivity index (χ1n) is 7.03. The van der Waals surface area contributed by atoms with E-state index in [-0.39, 0.29) is 0 Å². The molecule has 0 N–H and O–H groups in total. The van der Waals surface area contributed by atoms with Crippen LogP contribution in [0.3, 0.4) is 0 Å². The maximum absolute atomic E-state index is 12.5. The number of anilines is 1. The van der Waals surface area contributed by atoms with E-state index in [9.17, 15) is 21.6 Å². The summed E-state index contributed by atoms with van der Waals surface area (Å²) in [6.07, 6.45) is 0.979. The van der Waals surface area contributed by atoms with Gasteiger partial charge in [-0.3, -0.25) is 0 Å². The lowest BCUT2D eigenvalue weighted by Crippen LogP contribution is -2.34. The van der Waals surface area contributed by atoms with Gasteiger partial charge in [-0.25, -0.2) is 8.42 Å². The number of hydrogen-bond acceptors (Lipinski definition) is 4. The first-order chi connectivity index (χ1) is 10.2. The van der Waals surface area contributed by atoms with Crippen LogP contribution in [0.1, 0.15) is 13.3 Å². The van der Waals surface area contributed by atoms with Crippen molar-refractivity contribution in [2.24, 2.45) is 0 Å². The van der Waals surface area contributed by atoms with Crippen LogP contribution in [0.4, 0.5) is 18.9 Å². The van der Waals surface area contributed by atoms with E-state index in [1.165, 1.54) is 12.1 Å². The maximum atomic E-state index is 12.5. The highest BCUT2D eigenvalue weighted by atomic mass is 32.2. The van der Waals surface area contributed by atoms with E-state index < -0.39 is 20.2 Å². The van der Waals surface area contributed by atoms with Gasteiger partial charge in [-0.1, -0.05) is 6.92 Å². The molecule has 1 saturated heterocycles. The van der Waals surface area contributed by atoms with Crippen LogP contribution in [-0.4, -0.2) is 51.5 Å². The molecular weight excluding hydrogens is 317 g/mol. The Hall–Kier alpha value is -1.28. The lowest BCUT2D eigenvalue weighted by molar-refractivity contribution is -0.0436. The third kappa shape index (κ3) is 3.22. The average molecular weight is 336 g/mol. The van der Waals surface area contributed by atoms with Crippen molar-refractivity contribution >= 4 is 15.5 Å². The summed E-state index contributed by atoms with van der Waals surface area (Å²) in [4.78, 5) is 3.56. The zero-order chi connectivity index (χ0) is 16.5. The van der Waals surface area contributed by atoms with Crippen molar-refractivity contribution in [2.75, 3.05) is 31.6 Å². The largest absolute Gasteiger partial charge is 0.501 e. The van der Waals surface area contributed by atoms with Crippen molar-refractivity contribution in [3.63, 3.8) is 0 Å². The molecule has 1 aromatic carbocycles. The van der Waals surface area contributed by atoms with Crippen LogP contribution in [0.2, 0.25) is 0 Å². The summed E-state index contributed by atoms with van der Waals surface area (Å²) in [6, 6.07) is 5.33. The highest BCUT2D eigenvalue weighted by Crippen LogP contribution is 2.31. The van der Waals surface area contributed by atoms with Gasteiger partial charge in [-0.05, 0) is 44.3 Å². The molecule has 1 unspecified atom stereocenters. The van der Waals surface area contributed by atoms with Crippen LogP contribution in [0.25, 0.3) is 0 Å². The minimum absolute atomic E-state index is 0.406. The van der Waals surface area contributed by atoms with Gasteiger partial charge in [0.05, 0.1) is 4.90 Å². The van der Waals surface area contributed by atoms with Crippen molar-refractivity contribution in [3.05, 3.63) is 24.3 Å². The lowest BCUT2D eigenvalue weighted by Gasteiger charge is -2.24. The van der Waals surface area contributed by atoms with Gasteiger partial charge in [-0.15, -0.1) is 0 Å². The molecule has 22 heavy (non-hydrogen) atoms. The molecule has 124 valence electrons. The lowest BCUT2D eigenvalue weighted by atomic mass is 10.2. The van der Waals surface area contributed by atoms with Gasteiger partial charge in [-0.2, -0.15) is 13.2 Å². The van der Waals surface area contributed by atoms with Crippen LogP contribution in [0, 0.1) is 0 Å². The molecule has 1 atom stereocenters. The summed E-state index contributed by atoms with van der Waals surface area (Å²) in [5, 5.41) is 0. The van der Waals surface area contributed by atoms with E-state index in [4.69, 9.17) is 0 Å². The Morgan fingerprint density at radius 3 is 2.36 bits per heavy atom. The molecular formula is C14H19F3N2O2S. The number of halogens is 3. The van der Waals surface area contributed by atoms with Gasteiger partial charge >= 0.3 is 5.51 Å². The molecule has 2 rings (SSSR count). The first-order valence-corrected chi connectivity index (χ1v) is 8.51. The van der Waals surface area contributed by atoms with Crippen molar-refractivity contribution < 1.29 is 21.6 Å². The standard InChI is InChI=1S/C14H19F3N2O2S/c1-3-18(2)12-8-9-19(10-12)11-4-6-13(7-5-11)22(20,21)14(15,16)17/h4-7,12H,3,8-10H2,1-2H3. The molecule has 1 aromatic rings. The number of nitrogens with zero attached hydrogens (tertiary/aromatic N) is 2. The van der Waals surface area contributed by atoms with Crippen LogP contribution >= 0.6 is 0 Å². The van der Waals surface area contributed by atoms with Gasteiger partial charge in [0.25, 0.3) is 9.84 Å². The highest BCUT2D eigenvalue weighted by Gasteiger charge is 2.46. The van der Waals surface area contributed by atoms with Crippen LogP contribution in [0.15, 0.2) is 29.2 Å². The minimum Gasteiger partial charge on any atom is -0.370 e. The van der Waals surface area contributed by atoms with Gasteiger partial charge in [0.1, 0.15) is 0 Å². The summed E-state index contributed by atoms with van der Waals surface area (Å²) in [5.41, 5.74) is -4.52. The molecule has 1 fully saturated rings. The summed E-state index contributed by atoms with van der Waals surface area (Å²) in [5.74, 6) is 0. The Morgan fingerprint density at radius 1 is 1.27 bits per heavy atom. The third-order valence-electron chi connectivity index (χ3n) is 4.10. The van der Waals surface area contributed by atoms with Gasteiger partial charge in [0.15, 0.2) is 0 Å². The van der Waals surface area contributed by atoms with Crippen LogP contribution < -0.4 is 4.90 Å². The van der Waals surface area contributed by atoms with E-state index in [2.05, 4.69) is 16.7 Å². The van der Waals surface area contributed by atoms with E-state index in [1.807, 2.05) is 7.05 Å². The van der Waals surface area contributed by atoms with Gasteiger partial charge in [0.2, 0.25) is 0 Å². The second-order valence-electron chi connectivity index (χ2n) is 5.40. The normalized spacial score (nSPS) is 19.9.